The molecule has 186 valence electrons. The van der Waals surface area contributed by atoms with Crippen LogP contribution in [0.15, 0.2) is 24.3 Å². The maximum atomic E-state index is 10.2. The second-order valence-electron chi connectivity index (χ2n) is 10.1. The van der Waals surface area contributed by atoms with Gasteiger partial charge in [0.05, 0.1) is 0 Å². The maximum Gasteiger partial charge on any atom is 0.160 e. The third-order valence-electron chi connectivity index (χ3n) is 7.63. The van der Waals surface area contributed by atoms with Crippen LogP contribution in [-0.4, -0.2) is 62.4 Å². The summed E-state index contributed by atoms with van der Waals surface area (Å²) in [6.45, 7) is 7.42. The van der Waals surface area contributed by atoms with Gasteiger partial charge < -0.3 is 25.3 Å². The summed E-state index contributed by atoms with van der Waals surface area (Å²) >= 11 is 0. The third-order valence-corrected chi connectivity index (χ3v) is 7.63. The Kier molecular flexibility index (Phi) is 8.22. The Labute approximate surface area is 203 Å². The first-order valence-electron chi connectivity index (χ1n) is 13.0. The number of hydrogen-bond acceptors (Lipinski definition) is 6. The van der Waals surface area contributed by atoms with E-state index in [1.165, 1.54) is 31.2 Å². The lowest BCUT2D eigenvalue weighted by atomic mass is 9.86. The molecule has 34 heavy (non-hydrogen) atoms. The Hall–Kier alpha value is -2.44. The Morgan fingerprint density at radius 2 is 1.62 bits per heavy atom. The highest BCUT2D eigenvalue weighted by Gasteiger charge is 2.26. The molecule has 0 amide bonds. The van der Waals surface area contributed by atoms with Crippen molar-refractivity contribution in [3.05, 3.63) is 46.5 Å². The van der Waals surface area contributed by atoms with Gasteiger partial charge >= 0.3 is 0 Å². The molecular formula is C28H40N2O4. The van der Waals surface area contributed by atoms with Gasteiger partial charge in [-0.05, 0) is 99.5 Å². The van der Waals surface area contributed by atoms with Gasteiger partial charge in [-0.2, -0.15) is 0 Å². The van der Waals surface area contributed by atoms with Crippen LogP contribution in [0.2, 0.25) is 0 Å². The molecule has 0 spiro atoms. The van der Waals surface area contributed by atoms with Gasteiger partial charge in [0.25, 0.3) is 0 Å². The number of aromatic hydroxyl groups is 4. The summed E-state index contributed by atoms with van der Waals surface area (Å²) in [4.78, 5) is 5.09. The largest absolute Gasteiger partial charge is 0.504 e. The van der Waals surface area contributed by atoms with Crippen LogP contribution in [0, 0.1) is 0 Å². The van der Waals surface area contributed by atoms with Crippen molar-refractivity contribution in [2.45, 2.75) is 77.3 Å². The molecule has 0 saturated heterocycles. The average molecular weight is 469 g/mol. The molecule has 0 bridgehead atoms. The van der Waals surface area contributed by atoms with E-state index in [-0.39, 0.29) is 23.0 Å². The SMILES string of the molecule is CCCN(CCCCCCN1CCc2cc(O)c(O)cc2C1)[C@H]1CCc2c(ccc(O)c2O)C1. The summed E-state index contributed by atoms with van der Waals surface area (Å²) < 4.78 is 0. The van der Waals surface area contributed by atoms with Gasteiger partial charge in [-0.1, -0.05) is 25.8 Å². The second kappa shape index (κ2) is 11.3. The molecule has 0 saturated carbocycles. The summed E-state index contributed by atoms with van der Waals surface area (Å²) in [7, 11) is 0. The first kappa shape index (κ1) is 24.7. The highest BCUT2D eigenvalue weighted by Crippen LogP contribution is 2.37. The zero-order chi connectivity index (χ0) is 24.1. The Morgan fingerprint density at radius 3 is 2.41 bits per heavy atom. The van der Waals surface area contributed by atoms with E-state index in [0.717, 1.165) is 81.5 Å². The molecule has 4 rings (SSSR count). The van der Waals surface area contributed by atoms with Gasteiger partial charge in [-0.3, -0.25) is 4.90 Å². The molecule has 4 N–H and O–H groups in total. The zero-order valence-electron chi connectivity index (χ0n) is 20.5. The molecule has 1 aliphatic heterocycles. The molecule has 2 aromatic rings. The van der Waals surface area contributed by atoms with Crippen LogP contribution in [0.3, 0.4) is 0 Å². The van der Waals surface area contributed by atoms with Crippen LogP contribution in [0.1, 0.15) is 67.7 Å². The summed E-state index contributed by atoms with van der Waals surface area (Å²) in [6, 6.07) is 7.53. The van der Waals surface area contributed by atoms with Gasteiger partial charge in [0, 0.05) is 24.7 Å². The van der Waals surface area contributed by atoms with Crippen LogP contribution in [-0.2, 0) is 25.8 Å². The van der Waals surface area contributed by atoms with E-state index in [1.807, 2.05) is 6.07 Å². The lowest BCUT2D eigenvalue weighted by molar-refractivity contribution is 0.174. The van der Waals surface area contributed by atoms with E-state index in [4.69, 9.17) is 0 Å². The van der Waals surface area contributed by atoms with E-state index in [9.17, 15) is 20.4 Å². The fraction of sp³-hybridized carbons (Fsp3) is 0.571. The lowest BCUT2D eigenvalue weighted by Crippen LogP contribution is -2.40. The van der Waals surface area contributed by atoms with Gasteiger partial charge in [0.15, 0.2) is 23.0 Å². The predicted molar refractivity (Wildman–Crippen MR) is 135 cm³/mol. The Morgan fingerprint density at radius 1 is 0.853 bits per heavy atom. The standard InChI is InChI=1S/C28H40N2O4/c1-2-12-30(23-8-9-24-21(16-23)7-10-25(31)28(24)34)14-6-4-3-5-13-29-15-11-20-17-26(32)27(33)18-22(20)19-29/h7,10,17-18,23,31-34H,2-6,8-9,11-16,19H2,1H3/t23-/m0/s1. The summed E-state index contributed by atoms with van der Waals surface area (Å²) in [5.41, 5.74) is 4.40. The van der Waals surface area contributed by atoms with E-state index in [2.05, 4.69) is 16.7 Å². The number of benzene rings is 2. The van der Waals surface area contributed by atoms with Crippen molar-refractivity contribution in [3.8, 4) is 23.0 Å². The van der Waals surface area contributed by atoms with Crippen molar-refractivity contribution in [3.63, 3.8) is 0 Å². The molecule has 6 nitrogen and oxygen atoms in total. The smallest absolute Gasteiger partial charge is 0.160 e. The van der Waals surface area contributed by atoms with Crippen LogP contribution < -0.4 is 0 Å². The quantitative estimate of drug-likeness (QED) is 0.299. The van der Waals surface area contributed by atoms with Crippen molar-refractivity contribution in [2.24, 2.45) is 0 Å². The minimum atomic E-state index is -0.0198. The number of nitrogens with zero attached hydrogens (tertiary/aromatic N) is 2. The van der Waals surface area contributed by atoms with E-state index in [1.54, 1.807) is 18.2 Å². The van der Waals surface area contributed by atoms with E-state index < -0.39 is 0 Å². The van der Waals surface area contributed by atoms with Crippen molar-refractivity contribution < 1.29 is 20.4 Å². The number of hydrogen-bond donors (Lipinski definition) is 4. The first-order valence-corrected chi connectivity index (χ1v) is 13.0. The van der Waals surface area contributed by atoms with Crippen LogP contribution in [0.5, 0.6) is 23.0 Å². The predicted octanol–water partition coefficient (Wildman–Crippen LogP) is 4.70. The monoisotopic (exact) mass is 468 g/mol. The number of fused-ring (bicyclic) bond motifs is 2. The van der Waals surface area contributed by atoms with Crippen molar-refractivity contribution in [2.75, 3.05) is 26.2 Å². The van der Waals surface area contributed by atoms with Gasteiger partial charge in [0.2, 0.25) is 0 Å². The third kappa shape index (κ3) is 5.78. The van der Waals surface area contributed by atoms with Crippen molar-refractivity contribution in [1.82, 2.24) is 9.80 Å². The summed E-state index contributed by atoms with van der Waals surface area (Å²) in [5.74, 6) is 0.0341. The van der Waals surface area contributed by atoms with Crippen LogP contribution in [0.4, 0.5) is 0 Å². The average Bonchev–Trinajstić information content (AvgIpc) is 2.83. The van der Waals surface area contributed by atoms with Crippen molar-refractivity contribution >= 4 is 0 Å². The fourth-order valence-corrected chi connectivity index (χ4v) is 5.72. The molecule has 0 fully saturated rings. The minimum Gasteiger partial charge on any atom is -0.504 e. The van der Waals surface area contributed by atoms with Gasteiger partial charge in [-0.25, -0.2) is 0 Å². The zero-order valence-corrected chi connectivity index (χ0v) is 20.5. The number of phenolic OH excluding ortho intramolecular Hbond substituents is 4. The lowest BCUT2D eigenvalue weighted by Gasteiger charge is -2.35. The van der Waals surface area contributed by atoms with Gasteiger partial charge in [0.1, 0.15) is 0 Å². The normalized spacial score (nSPS) is 18.1. The molecule has 2 aromatic carbocycles. The fourth-order valence-electron chi connectivity index (χ4n) is 5.72. The molecule has 0 unspecified atom stereocenters. The number of unbranched alkanes of at least 4 members (excludes halogenated alkanes) is 3. The summed E-state index contributed by atoms with van der Waals surface area (Å²) in [6.07, 6.45) is 9.75. The second-order valence-corrected chi connectivity index (χ2v) is 10.1. The highest BCUT2D eigenvalue weighted by atomic mass is 16.3. The van der Waals surface area contributed by atoms with Crippen LogP contribution >= 0.6 is 0 Å². The molecule has 6 heteroatoms. The molecule has 0 aromatic heterocycles. The molecular weight excluding hydrogens is 428 g/mol. The molecule has 1 atom stereocenters. The highest BCUT2D eigenvalue weighted by molar-refractivity contribution is 5.50. The van der Waals surface area contributed by atoms with Crippen LogP contribution in [0.25, 0.3) is 0 Å². The number of rotatable bonds is 10. The Bertz CT molecular complexity index is 977. The molecule has 2 aliphatic rings. The summed E-state index contributed by atoms with van der Waals surface area (Å²) in [5, 5.41) is 39.4. The molecule has 1 heterocycles. The number of phenols is 4. The maximum absolute atomic E-state index is 10.2. The molecule has 1 aliphatic carbocycles. The van der Waals surface area contributed by atoms with Gasteiger partial charge in [-0.15, -0.1) is 0 Å². The molecule has 0 radical (unpaired) electrons. The topological polar surface area (TPSA) is 87.4 Å². The Balaban J connectivity index is 1.18. The van der Waals surface area contributed by atoms with E-state index in [0.29, 0.717) is 6.04 Å². The first-order chi connectivity index (χ1) is 16.5. The van der Waals surface area contributed by atoms with E-state index >= 15 is 0 Å². The minimum absolute atomic E-state index is 0.00572. The van der Waals surface area contributed by atoms with Crippen molar-refractivity contribution in [1.29, 1.82) is 0 Å².